The first-order chi connectivity index (χ1) is 10.2. The largest absolute Gasteiger partial charge is 0.495 e. The molecule has 6 heteroatoms. The maximum atomic E-state index is 5.86. The van der Waals surface area contributed by atoms with Gasteiger partial charge in [0.05, 0.1) is 12.8 Å². The van der Waals surface area contributed by atoms with Crippen LogP contribution in [0.5, 0.6) is 5.75 Å². The third-order valence-corrected chi connectivity index (χ3v) is 4.47. The van der Waals surface area contributed by atoms with Gasteiger partial charge in [-0.1, -0.05) is 19.8 Å². The Morgan fingerprint density at radius 2 is 2.24 bits per heavy atom. The molecule has 1 fully saturated rings. The van der Waals surface area contributed by atoms with E-state index < -0.39 is 0 Å². The Labute approximate surface area is 124 Å². The summed E-state index contributed by atoms with van der Waals surface area (Å²) in [5.41, 5.74) is 7.40. The monoisotopic (exact) mass is 287 g/mol. The van der Waals surface area contributed by atoms with Crippen LogP contribution in [-0.2, 0) is 6.54 Å². The Morgan fingerprint density at radius 3 is 2.95 bits per heavy atom. The number of rotatable bonds is 4. The van der Waals surface area contributed by atoms with Crippen LogP contribution in [0.1, 0.15) is 26.2 Å². The van der Waals surface area contributed by atoms with Gasteiger partial charge in [0, 0.05) is 12.1 Å². The summed E-state index contributed by atoms with van der Waals surface area (Å²) in [6.45, 7) is 3.18. The Hall–Kier alpha value is -2.11. The molecular formula is C15H21N5O. The van der Waals surface area contributed by atoms with Gasteiger partial charge in [0.1, 0.15) is 5.75 Å². The molecule has 0 amide bonds. The van der Waals surface area contributed by atoms with E-state index in [1.54, 1.807) is 7.11 Å². The Bertz CT molecular complexity index is 624. The minimum Gasteiger partial charge on any atom is -0.495 e. The number of tetrazole rings is 1. The summed E-state index contributed by atoms with van der Waals surface area (Å²) in [6.07, 6.45) is 3.86. The van der Waals surface area contributed by atoms with Gasteiger partial charge in [0.25, 0.3) is 0 Å². The van der Waals surface area contributed by atoms with Crippen molar-refractivity contribution in [3.05, 3.63) is 18.2 Å². The highest BCUT2D eigenvalue weighted by Crippen LogP contribution is 2.33. The standard InChI is InChI=1S/C15H21N5O/c1-10-4-3-5-12(10)9-20-15(17-18-19-20)11-6-7-13(16)14(8-11)21-2/h6-8,10,12H,3-5,9,16H2,1-2H3. The van der Waals surface area contributed by atoms with Crippen LogP contribution in [0.25, 0.3) is 11.4 Å². The number of hydrogen-bond acceptors (Lipinski definition) is 5. The number of nitrogens with two attached hydrogens (primary N) is 1. The van der Waals surface area contributed by atoms with Crippen LogP contribution in [0.3, 0.4) is 0 Å². The molecule has 0 aliphatic heterocycles. The number of methoxy groups -OCH3 is 1. The van der Waals surface area contributed by atoms with Crippen molar-refractivity contribution in [3.8, 4) is 17.1 Å². The third kappa shape index (κ3) is 2.70. The lowest BCUT2D eigenvalue weighted by molar-refractivity contribution is 0.346. The lowest BCUT2D eigenvalue weighted by atomic mass is 9.98. The quantitative estimate of drug-likeness (QED) is 0.873. The van der Waals surface area contributed by atoms with Gasteiger partial charge in [-0.2, -0.15) is 0 Å². The molecule has 0 spiro atoms. The van der Waals surface area contributed by atoms with Crippen LogP contribution in [0.15, 0.2) is 18.2 Å². The second-order valence-corrected chi connectivity index (χ2v) is 5.81. The highest BCUT2D eigenvalue weighted by atomic mass is 16.5. The van der Waals surface area contributed by atoms with Crippen molar-refractivity contribution in [1.29, 1.82) is 0 Å². The van der Waals surface area contributed by atoms with Crippen molar-refractivity contribution in [2.45, 2.75) is 32.7 Å². The lowest BCUT2D eigenvalue weighted by Gasteiger charge is -2.15. The molecule has 2 unspecified atom stereocenters. The molecule has 112 valence electrons. The number of nitrogen functional groups attached to an aromatic ring is 1. The molecule has 2 aromatic rings. The van der Waals surface area contributed by atoms with E-state index in [2.05, 4.69) is 22.4 Å². The summed E-state index contributed by atoms with van der Waals surface area (Å²) in [5, 5.41) is 12.2. The zero-order valence-corrected chi connectivity index (χ0v) is 12.5. The average molecular weight is 287 g/mol. The number of anilines is 1. The normalized spacial score (nSPS) is 21.6. The Kier molecular flexibility index (Phi) is 3.77. The zero-order valence-electron chi connectivity index (χ0n) is 12.5. The van der Waals surface area contributed by atoms with Crippen molar-refractivity contribution < 1.29 is 4.74 Å². The van der Waals surface area contributed by atoms with Crippen LogP contribution in [0.4, 0.5) is 5.69 Å². The molecule has 0 bridgehead atoms. The second kappa shape index (κ2) is 5.71. The third-order valence-electron chi connectivity index (χ3n) is 4.47. The van der Waals surface area contributed by atoms with Crippen molar-refractivity contribution >= 4 is 5.69 Å². The topological polar surface area (TPSA) is 78.9 Å². The second-order valence-electron chi connectivity index (χ2n) is 5.81. The van der Waals surface area contributed by atoms with Gasteiger partial charge in [-0.3, -0.25) is 0 Å². The van der Waals surface area contributed by atoms with E-state index >= 15 is 0 Å². The summed E-state index contributed by atoms with van der Waals surface area (Å²) in [6, 6.07) is 5.64. The first-order valence-corrected chi connectivity index (χ1v) is 7.39. The van der Waals surface area contributed by atoms with E-state index in [-0.39, 0.29) is 0 Å². The number of ether oxygens (including phenoxy) is 1. The van der Waals surface area contributed by atoms with Crippen LogP contribution in [0, 0.1) is 11.8 Å². The zero-order chi connectivity index (χ0) is 14.8. The summed E-state index contributed by atoms with van der Waals surface area (Å²) in [5.74, 6) is 2.81. The fraction of sp³-hybridized carbons (Fsp3) is 0.533. The summed E-state index contributed by atoms with van der Waals surface area (Å²) in [4.78, 5) is 0. The highest BCUT2D eigenvalue weighted by Gasteiger charge is 2.25. The van der Waals surface area contributed by atoms with Crippen molar-refractivity contribution in [2.75, 3.05) is 12.8 Å². The minimum atomic E-state index is 0.615. The predicted octanol–water partition coefficient (Wildman–Crippen LogP) is 2.37. The smallest absolute Gasteiger partial charge is 0.182 e. The molecule has 1 saturated carbocycles. The highest BCUT2D eigenvalue weighted by molar-refractivity contribution is 5.65. The summed E-state index contributed by atoms with van der Waals surface area (Å²) in [7, 11) is 1.61. The van der Waals surface area contributed by atoms with Gasteiger partial charge in [-0.05, 0) is 46.9 Å². The van der Waals surface area contributed by atoms with Crippen molar-refractivity contribution in [1.82, 2.24) is 20.2 Å². The molecule has 21 heavy (non-hydrogen) atoms. The van der Waals surface area contributed by atoms with Crippen LogP contribution < -0.4 is 10.5 Å². The van der Waals surface area contributed by atoms with Crippen molar-refractivity contribution in [2.24, 2.45) is 11.8 Å². The van der Waals surface area contributed by atoms with Gasteiger partial charge in [0.2, 0.25) is 0 Å². The van der Waals surface area contributed by atoms with E-state index in [0.717, 1.165) is 23.9 Å². The van der Waals surface area contributed by atoms with Crippen LogP contribution in [0.2, 0.25) is 0 Å². The van der Waals surface area contributed by atoms with E-state index in [1.165, 1.54) is 19.3 Å². The molecule has 6 nitrogen and oxygen atoms in total. The molecule has 2 N–H and O–H groups in total. The number of nitrogens with zero attached hydrogens (tertiary/aromatic N) is 4. The first kappa shape index (κ1) is 13.9. The van der Waals surface area contributed by atoms with Gasteiger partial charge < -0.3 is 10.5 Å². The van der Waals surface area contributed by atoms with Crippen LogP contribution >= 0.6 is 0 Å². The van der Waals surface area contributed by atoms with E-state index in [4.69, 9.17) is 10.5 Å². The van der Waals surface area contributed by atoms with Gasteiger partial charge in [-0.15, -0.1) is 5.10 Å². The lowest BCUT2D eigenvalue weighted by Crippen LogP contribution is -2.15. The SMILES string of the molecule is COc1cc(-c2nnnn2CC2CCCC2C)ccc1N. The van der Waals surface area contributed by atoms with Crippen LogP contribution in [-0.4, -0.2) is 27.3 Å². The Balaban J connectivity index is 1.88. The molecule has 1 aromatic heterocycles. The maximum absolute atomic E-state index is 5.86. The molecule has 1 aromatic carbocycles. The maximum Gasteiger partial charge on any atom is 0.182 e. The molecule has 0 radical (unpaired) electrons. The summed E-state index contributed by atoms with van der Waals surface area (Å²) >= 11 is 0. The number of benzene rings is 1. The molecule has 0 saturated heterocycles. The van der Waals surface area contributed by atoms with E-state index in [0.29, 0.717) is 17.4 Å². The molecule has 3 rings (SSSR count). The Morgan fingerprint density at radius 1 is 1.38 bits per heavy atom. The molecule has 1 aliphatic carbocycles. The number of aromatic nitrogens is 4. The van der Waals surface area contributed by atoms with Gasteiger partial charge in [0.15, 0.2) is 5.82 Å². The van der Waals surface area contributed by atoms with Gasteiger partial charge in [-0.25, -0.2) is 4.68 Å². The average Bonchev–Trinajstić information content (AvgIpc) is 3.10. The minimum absolute atomic E-state index is 0.615. The van der Waals surface area contributed by atoms with E-state index in [1.807, 2.05) is 22.9 Å². The van der Waals surface area contributed by atoms with E-state index in [9.17, 15) is 0 Å². The molecular weight excluding hydrogens is 266 g/mol. The number of hydrogen-bond donors (Lipinski definition) is 1. The summed E-state index contributed by atoms with van der Waals surface area (Å²) < 4.78 is 7.17. The first-order valence-electron chi connectivity index (χ1n) is 7.39. The molecule has 1 aliphatic rings. The molecule has 1 heterocycles. The fourth-order valence-corrected chi connectivity index (χ4v) is 3.10. The van der Waals surface area contributed by atoms with Crippen molar-refractivity contribution in [3.63, 3.8) is 0 Å². The molecule has 2 atom stereocenters. The fourth-order valence-electron chi connectivity index (χ4n) is 3.10. The predicted molar refractivity (Wildman–Crippen MR) is 80.7 cm³/mol. The van der Waals surface area contributed by atoms with Gasteiger partial charge >= 0.3 is 0 Å².